The molecule has 0 radical (unpaired) electrons. The Balaban J connectivity index is 1.59. The summed E-state index contributed by atoms with van der Waals surface area (Å²) in [6.07, 6.45) is 2.24. The molecule has 0 aliphatic heterocycles. The third-order valence-corrected chi connectivity index (χ3v) is 4.51. The van der Waals surface area contributed by atoms with Gasteiger partial charge in [0.1, 0.15) is 0 Å². The van der Waals surface area contributed by atoms with Gasteiger partial charge in [-0.15, -0.1) is 0 Å². The van der Waals surface area contributed by atoms with Crippen LogP contribution in [0.25, 0.3) is 5.69 Å². The number of ether oxygens (including phenoxy) is 2. The molecule has 3 aromatic rings. The fourth-order valence-electron chi connectivity index (χ4n) is 2.88. The van der Waals surface area contributed by atoms with Crippen molar-refractivity contribution in [3.05, 3.63) is 77.6 Å². The third-order valence-electron chi connectivity index (χ3n) is 4.51. The van der Waals surface area contributed by atoms with Crippen LogP contribution in [0.1, 0.15) is 33.3 Å². The first kappa shape index (κ1) is 21.8. The second-order valence-corrected chi connectivity index (χ2v) is 6.76. The fourth-order valence-corrected chi connectivity index (χ4v) is 2.88. The van der Waals surface area contributed by atoms with Crippen molar-refractivity contribution in [1.82, 2.24) is 15.1 Å². The lowest BCUT2D eigenvalue weighted by molar-refractivity contribution is -0.118. The lowest BCUT2D eigenvalue weighted by atomic mass is 10.1. The number of para-hydroxylation sites is 1. The predicted molar refractivity (Wildman–Crippen MR) is 114 cm³/mol. The van der Waals surface area contributed by atoms with Crippen molar-refractivity contribution in [1.29, 1.82) is 0 Å². The molecule has 0 aliphatic rings. The van der Waals surface area contributed by atoms with E-state index >= 15 is 0 Å². The molecular formula is C23H23N3O5. The molecule has 0 saturated carbocycles. The molecule has 0 saturated heterocycles. The molecule has 0 atom stereocenters. The Kier molecular flexibility index (Phi) is 7.16. The number of benzene rings is 2. The van der Waals surface area contributed by atoms with Crippen LogP contribution in [0.4, 0.5) is 0 Å². The monoisotopic (exact) mass is 421 g/mol. The van der Waals surface area contributed by atoms with Gasteiger partial charge in [0.25, 0.3) is 0 Å². The molecule has 0 spiro atoms. The minimum Gasteiger partial charge on any atom is -0.493 e. The van der Waals surface area contributed by atoms with E-state index in [1.54, 1.807) is 30.5 Å². The average molecular weight is 421 g/mol. The summed E-state index contributed by atoms with van der Waals surface area (Å²) in [6.45, 7) is 1.58. The number of aromatic nitrogens is 2. The van der Waals surface area contributed by atoms with Gasteiger partial charge in [-0.2, -0.15) is 5.10 Å². The van der Waals surface area contributed by atoms with Gasteiger partial charge in [-0.25, -0.2) is 9.48 Å². The van der Waals surface area contributed by atoms with Gasteiger partial charge in [0, 0.05) is 19.0 Å². The zero-order valence-electron chi connectivity index (χ0n) is 17.3. The van der Waals surface area contributed by atoms with Crippen LogP contribution in [0.2, 0.25) is 0 Å². The molecule has 160 valence electrons. The Morgan fingerprint density at radius 3 is 2.39 bits per heavy atom. The highest BCUT2D eigenvalue weighted by Gasteiger charge is 2.21. The molecule has 0 bridgehead atoms. The Morgan fingerprint density at radius 2 is 1.74 bits per heavy atom. The van der Waals surface area contributed by atoms with Gasteiger partial charge in [-0.05, 0) is 24.1 Å². The van der Waals surface area contributed by atoms with Crippen molar-refractivity contribution < 1.29 is 23.9 Å². The number of nitrogens with one attached hydrogen (secondary N) is 1. The second-order valence-electron chi connectivity index (χ2n) is 6.76. The molecule has 31 heavy (non-hydrogen) atoms. The smallest absolute Gasteiger partial charge is 0.363 e. The van der Waals surface area contributed by atoms with Crippen molar-refractivity contribution in [3.8, 4) is 11.4 Å². The first-order chi connectivity index (χ1) is 15.0. The van der Waals surface area contributed by atoms with Gasteiger partial charge in [0.2, 0.25) is 11.6 Å². The van der Waals surface area contributed by atoms with E-state index in [2.05, 4.69) is 10.4 Å². The number of Topliss-reactive ketones (excluding diaryl/α,β-unsaturated/α-hetero) is 1. The Bertz CT molecular complexity index is 1060. The number of nitrogens with zero attached hydrogens (tertiary/aromatic N) is 2. The number of amides is 1. The van der Waals surface area contributed by atoms with Crippen molar-refractivity contribution in [2.45, 2.75) is 13.3 Å². The van der Waals surface area contributed by atoms with Gasteiger partial charge in [-0.1, -0.05) is 42.5 Å². The topological polar surface area (TPSA) is 99.5 Å². The first-order valence-corrected chi connectivity index (χ1v) is 9.70. The molecule has 3 rings (SSSR count). The maximum absolute atomic E-state index is 12.5. The van der Waals surface area contributed by atoms with Crippen molar-refractivity contribution in [2.24, 2.45) is 0 Å². The maximum Gasteiger partial charge on any atom is 0.363 e. The minimum absolute atomic E-state index is 0.00697. The minimum atomic E-state index is -0.744. The van der Waals surface area contributed by atoms with Crippen molar-refractivity contribution in [2.75, 3.05) is 20.3 Å². The lowest BCUT2D eigenvalue weighted by Gasteiger charge is -2.06. The summed E-state index contributed by atoms with van der Waals surface area (Å²) in [6, 6.07) is 16.2. The average Bonchev–Trinajstić information content (AvgIpc) is 3.23. The Hall–Kier alpha value is -3.94. The molecule has 8 nitrogen and oxygen atoms in total. The van der Waals surface area contributed by atoms with Crippen LogP contribution in [-0.2, 0) is 16.0 Å². The molecular weight excluding hydrogens is 398 g/mol. The normalized spacial score (nSPS) is 10.4. The van der Waals surface area contributed by atoms with Crippen LogP contribution in [-0.4, -0.2) is 47.7 Å². The second kappa shape index (κ2) is 10.2. The summed E-state index contributed by atoms with van der Waals surface area (Å²) in [5, 5.41) is 6.95. The van der Waals surface area contributed by atoms with E-state index in [0.717, 1.165) is 11.3 Å². The largest absolute Gasteiger partial charge is 0.493 e. The van der Waals surface area contributed by atoms with Crippen LogP contribution < -0.4 is 10.1 Å². The van der Waals surface area contributed by atoms with Crippen LogP contribution in [0.3, 0.4) is 0 Å². The van der Waals surface area contributed by atoms with Crippen LogP contribution in [0, 0.1) is 0 Å². The molecule has 1 heterocycles. The SMILES string of the molecule is COc1cn(-c2ccccc2)nc1C(=O)OCC(=O)c1ccc(CCNC(C)=O)cc1. The highest BCUT2D eigenvalue weighted by molar-refractivity contribution is 5.99. The number of carbonyl (C=O) groups excluding carboxylic acids is 3. The molecule has 1 aromatic heterocycles. The zero-order valence-corrected chi connectivity index (χ0v) is 17.3. The molecule has 2 aromatic carbocycles. The van der Waals surface area contributed by atoms with E-state index in [1.807, 2.05) is 30.3 Å². The summed E-state index contributed by atoms with van der Waals surface area (Å²) in [7, 11) is 1.43. The van der Waals surface area contributed by atoms with E-state index in [0.29, 0.717) is 18.5 Å². The van der Waals surface area contributed by atoms with E-state index in [4.69, 9.17) is 9.47 Å². The van der Waals surface area contributed by atoms with Crippen LogP contribution in [0.15, 0.2) is 60.8 Å². The quantitative estimate of drug-likeness (QED) is 0.421. The van der Waals surface area contributed by atoms with E-state index in [-0.39, 0.29) is 23.1 Å². The van der Waals surface area contributed by atoms with E-state index < -0.39 is 12.6 Å². The molecule has 0 fully saturated rings. The maximum atomic E-state index is 12.5. The lowest BCUT2D eigenvalue weighted by Crippen LogP contribution is -2.22. The number of methoxy groups -OCH3 is 1. The number of rotatable bonds is 9. The van der Waals surface area contributed by atoms with Crippen molar-refractivity contribution >= 4 is 17.7 Å². The van der Waals surface area contributed by atoms with Gasteiger partial charge in [0.15, 0.2) is 18.1 Å². The highest BCUT2D eigenvalue weighted by Crippen LogP contribution is 2.20. The van der Waals surface area contributed by atoms with Gasteiger partial charge < -0.3 is 14.8 Å². The molecule has 0 unspecified atom stereocenters. The van der Waals surface area contributed by atoms with Crippen molar-refractivity contribution in [3.63, 3.8) is 0 Å². The Morgan fingerprint density at radius 1 is 1.03 bits per heavy atom. The van der Waals surface area contributed by atoms with E-state index in [1.165, 1.54) is 18.7 Å². The van der Waals surface area contributed by atoms with E-state index in [9.17, 15) is 14.4 Å². The molecule has 8 heteroatoms. The molecule has 1 amide bonds. The number of esters is 1. The number of hydrogen-bond donors (Lipinski definition) is 1. The summed E-state index contributed by atoms with van der Waals surface area (Å²) < 4.78 is 11.9. The zero-order chi connectivity index (χ0) is 22.2. The van der Waals surface area contributed by atoms with Crippen LogP contribution in [0.5, 0.6) is 5.75 Å². The molecule has 0 aliphatic carbocycles. The first-order valence-electron chi connectivity index (χ1n) is 9.70. The van der Waals surface area contributed by atoms with Gasteiger partial charge >= 0.3 is 5.97 Å². The van der Waals surface area contributed by atoms with Gasteiger partial charge in [0.05, 0.1) is 19.0 Å². The number of hydrogen-bond acceptors (Lipinski definition) is 6. The third kappa shape index (κ3) is 5.79. The number of carbonyl (C=O) groups is 3. The van der Waals surface area contributed by atoms with Gasteiger partial charge in [-0.3, -0.25) is 9.59 Å². The predicted octanol–water partition coefficient (Wildman–Crippen LogP) is 2.60. The summed E-state index contributed by atoms with van der Waals surface area (Å²) in [4.78, 5) is 35.8. The Labute approximate surface area is 179 Å². The summed E-state index contributed by atoms with van der Waals surface area (Å²) >= 11 is 0. The number of ketones is 1. The highest BCUT2D eigenvalue weighted by atomic mass is 16.5. The standard InChI is InChI=1S/C23H23N3O5/c1-16(27)24-13-12-17-8-10-18(11-9-17)20(28)15-31-23(29)22-21(30-2)14-26(25-22)19-6-4-3-5-7-19/h3-11,14H,12-13,15H2,1-2H3,(H,24,27). The summed E-state index contributed by atoms with van der Waals surface area (Å²) in [5.74, 6) is -0.904. The van der Waals surface area contributed by atoms with Crippen LogP contribution >= 0.6 is 0 Å². The fraction of sp³-hybridized carbons (Fsp3) is 0.217. The summed E-state index contributed by atoms with van der Waals surface area (Å²) in [5.41, 5.74) is 2.17. The molecule has 1 N–H and O–H groups in total.